The molecule has 1 aromatic rings. The molecule has 3 rings (SSSR count). The van der Waals surface area contributed by atoms with E-state index in [1.807, 2.05) is 0 Å². The van der Waals surface area contributed by atoms with Gasteiger partial charge in [-0.2, -0.15) is 0 Å². The molecule has 2 heterocycles. The minimum atomic E-state index is -0.691. The van der Waals surface area contributed by atoms with Gasteiger partial charge in [-0.25, -0.2) is 4.79 Å². The number of nitrogens with zero attached hydrogens (tertiary/aromatic N) is 5. The van der Waals surface area contributed by atoms with Crippen LogP contribution in [0.15, 0.2) is 16.6 Å². The lowest BCUT2D eigenvalue weighted by molar-refractivity contribution is -0.384. The van der Waals surface area contributed by atoms with Gasteiger partial charge in [-0.15, -0.1) is 0 Å². The molecule has 2 aliphatic heterocycles. The van der Waals surface area contributed by atoms with Crippen molar-refractivity contribution in [3.8, 4) is 0 Å². The first-order chi connectivity index (χ1) is 15.0. The molecule has 0 N–H and O–H groups in total. The summed E-state index contributed by atoms with van der Waals surface area (Å²) in [6.07, 6.45) is 1.47. The van der Waals surface area contributed by atoms with Crippen LogP contribution in [0.3, 0.4) is 0 Å². The molecule has 0 aromatic heterocycles. The topological polar surface area (TPSA) is 82.4 Å². The van der Waals surface area contributed by atoms with Crippen molar-refractivity contribution in [2.75, 3.05) is 63.2 Å². The van der Waals surface area contributed by atoms with E-state index < -0.39 is 16.6 Å². The van der Waals surface area contributed by atoms with Crippen molar-refractivity contribution in [2.24, 2.45) is 0 Å². The number of amides is 1. The molecular formula is C22H34BrN5O4. The summed E-state index contributed by atoms with van der Waals surface area (Å²) in [6, 6.07) is 3.78. The number of halogens is 1. The number of carbonyl (C=O) groups excluding carboxylic acids is 1. The van der Waals surface area contributed by atoms with Gasteiger partial charge in [0.15, 0.2) is 0 Å². The van der Waals surface area contributed by atoms with Gasteiger partial charge in [-0.3, -0.25) is 19.9 Å². The third kappa shape index (κ3) is 5.90. The molecule has 1 amide bonds. The van der Waals surface area contributed by atoms with Crippen molar-refractivity contribution < 1.29 is 14.5 Å². The summed E-state index contributed by atoms with van der Waals surface area (Å²) in [5.74, 6) is 0. The van der Waals surface area contributed by atoms with Crippen molar-refractivity contribution in [1.29, 1.82) is 0 Å². The number of hydrogen-bond acceptors (Lipinski definition) is 7. The molecule has 2 aliphatic rings. The van der Waals surface area contributed by atoms with E-state index in [2.05, 4.69) is 37.7 Å². The summed E-state index contributed by atoms with van der Waals surface area (Å²) < 4.78 is 6.08. The summed E-state index contributed by atoms with van der Waals surface area (Å²) in [7, 11) is 3.67. The van der Waals surface area contributed by atoms with E-state index in [4.69, 9.17) is 4.74 Å². The Morgan fingerprint density at radius 3 is 2.28 bits per heavy atom. The zero-order valence-electron chi connectivity index (χ0n) is 19.6. The first-order valence-electron chi connectivity index (χ1n) is 11.1. The minimum Gasteiger partial charge on any atom is -0.443 e. The molecule has 9 nitrogen and oxygen atoms in total. The first-order valence-corrected chi connectivity index (χ1v) is 11.9. The van der Waals surface area contributed by atoms with Gasteiger partial charge in [-0.1, -0.05) is 0 Å². The van der Waals surface area contributed by atoms with Crippen molar-refractivity contribution in [2.45, 2.75) is 45.3 Å². The quantitative estimate of drug-likeness (QED) is 0.447. The fourth-order valence-electron chi connectivity index (χ4n) is 4.29. The predicted molar refractivity (Wildman–Crippen MR) is 130 cm³/mol. The van der Waals surface area contributed by atoms with E-state index in [1.165, 1.54) is 18.0 Å². The molecule has 2 fully saturated rings. The van der Waals surface area contributed by atoms with E-state index in [9.17, 15) is 14.9 Å². The summed E-state index contributed by atoms with van der Waals surface area (Å²) in [5, 5.41) is 11.7. The average Bonchev–Trinajstić information content (AvgIpc) is 2.72. The maximum absolute atomic E-state index is 12.6. The van der Waals surface area contributed by atoms with Crippen LogP contribution in [0.2, 0.25) is 0 Å². The number of likely N-dealkylation sites (N-methyl/N-ethyl adjacent to an activating group) is 1. The van der Waals surface area contributed by atoms with E-state index in [-0.39, 0.29) is 11.4 Å². The molecule has 2 saturated heterocycles. The molecular weight excluding hydrogens is 478 g/mol. The third-order valence-corrected chi connectivity index (χ3v) is 6.76. The van der Waals surface area contributed by atoms with Crippen molar-refractivity contribution >= 4 is 39.1 Å². The summed E-state index contributed by atoms with van der Waals surface area (Å²) in [4.78, 5) is 32.2. The average molecular weight is 512 g/mol. The van der Waals surface area contributed by atoms with Gasteiger partial charge in [0.2, 0.25) is 0 Å². The molecule has 0 radical (unpaired) electrons. The van der Waals surface area contributed by atoms with Crippen LogP contribution in [-0.4, -0.2) is 85.8 Å². The van der Waals surface area contributed by atoms with E-state index in [0.29, 0.717) is 10.5 Å². The second-order valence-corrected chi connectivity index (χ2v) is 10.5. The largest absolute Gasteiger partial charge is 0.443 e. The number of nitro groups is 1. The predicted octanol–water partition coefficient (Wildman–Crippen LogP) is 3.94. The lowest BCUT2D eigenvalue weighted by atomic mass is 10.0. The van der Waals surface area contributed by atoms with Crippen LogP contribution in [0, 0.1) is 10.1 Å². The highest BCUT2D eigenvalue weighted by Gasteiger charge is 2.31. The van der Waals surface area contributed by atoms with Gasteiger partial charge >= 0.3 is 6.09 Å². The summed E-state index contributed by atoms with van der Waals surface area (Å²) in [5.41, 5.74) is 0.256. The van der Waals surface area contributed by atoms with Crippen LogP contribution in [-0.2, 0) is 4.74 Å². The number of piperidine rings is 1. The number of ether oxygens (including phenoxy) is 1. The first kappa shape index (κ1) is 24.7. The molecule has 0 bridgehead atoms. The van der Waals surface area contributed by atoms with Crippen molar-refractivity contribution in [3.05, 3.63) is 26.7 Å². The second-order valence-electron chi connectivity index (χ2n) is 9.65. The van der Waals surface area contributed by atoms with Crippen molar-refractivity contribution in [3.63, 3.8) is 0 Å². The number of rotatable bonds is 4. The number of nitro benzene ring substituents is 1. The molecule has 0 unspecified atom stereocenters. The molecule has 1 aromatic carbocycles. The minimum absolute atomic E-state index is 0.138. The van der Waals surface area contributed by atoms with Crippen LogP contribution < -0.4 is 9.80 Å². The SMILES string of the molecule is CN1CCN(C2CCN(c3cc(N(C)C(=O)OC(C)(C)C)c([N+](=O)[O-])cc3Br)CC2)CC1. The zero-order chi connectivity index (χ0) is 23.6. The van der Waals surface area contributed by atoms with Gasteiger partial charge in [0.05, 0.1) is 10.6 Å². The highest BCUT2D eigenvalue weighted by molar-refractivity contribution is 9.10. The lowest BCUT2D eigenvalue weighted by Crippen LogP contribution is -2.52. The molecule has 0 atom stereocenters. The van der Waals surface area contributed by atoms with Crippen LogP contribution in [0.25, 0.3) is 0 Å². The number of anilines is 2. The highest BCUT2D eigenvalue weighted by atomic mass is 79.9. The van der Waals surface area contributed by atoms with Gasteiger partial charge in [0.1, 0.15) is 11.3 Å². The standard InChI is InChI=1S/C22H34BrN5O4/c1-22(2,3)32-21(29)25(5)19-15-18(17(23)14-20(19)28(30)31)27-8-6-16(7-9-27)26-12-10-24(4)11-13-26/h14-16H,6-13H2,1-5H3. The Balaban J connectivity index is 1.78. The number of carbonyl (C=O) groups is 1. The third-order valence-electron chi connectivity index (χ3n) is 6.13. The molecule has 178 valence electrons. The Labute approximate surface area is 198 Å². The van der Waals surface area contributed by atoms with Gasteiger partial charge in [-0.05, 0) is 62.7 Å². The van der Waals surface area contributed by atoms with Crippen molar-refractivity contribution in [1.82, 2.24) is 9.80 Å². The fraction of sp³-hybridized carbons (Fsp3) is 0.682. The molecule has 0 saturated carbocycles. The van der Waals surface area contributed by atoms with Gasteiger partial charge < -0.3 is 14.5 Å². The number of piperazine rings is 1. The monoisotopic (exact) mass is 511 g/mol. The van der Waals surface area contributed by atoms with Crippen LogP contribution >= 0.6 is 15.9 Å². The Bertz CT molecular complexity index is 843. The van der Waals surface area contributed by atoms with Gasteiger partial charge in [0, 0.05) is 62.9 Å². The van der Waals surface area contributed by atoms with Crippen LogP contribution in [0.1, 0.15) is 33.6 Å². The Hall–Kier alpha value is -1.91. The smallest absolute Gasteiger partial charge is 0.414 e. The normalized spacial score (nSPS) is 19.1. The zero-order valence-corrected chi connectivity index (χ0v) is 21.2. The molecule has 10 heteroatoms. The molecule has 0 spiro atoms. The Morgan fingerprint density at radius 2 is 1.75 bits per heavy atom. The highest BCUT2D eigenvalue weighted by Crippen LogP contribution is 2.39. The van der Waals surface area contributed by atoms with Gasteiger partial charge in [0.25, 0.3) is 5.69 Å². The fourth-order valence-corrected chi connectivity index (χ4v) is 4.87. The van der Waals surface area contributed by atoms with Crippen LogP contribution in [0.4, 0.5) is 21.9 Å². The Morgan fingerprint density at radius 1 is 1.16 bits per heavy atom. The van der Waals surface area contributed by atoms with E-state index in [0.717, 1.165) is 57.8 Å². The number of hydrogen-bond donors (Lipinski definition) is 0. The summed E-state index contributed by atoms with van der Waals surface area (Å²) >= 11 is 3.52. The van der Waals surface area contributed by atoms with E-state index >= 15 is 0 Å². The molecule has 32 heavy (non-hydrogen) atoms. The molecule has 0 aliphatic carbocycles. The lowest BCUT2D eigenvalue weighted by Gasteiger charge is -2.42. The summed E-state index contributed by atoms with van der Waals surface area (Å²) in [6.45, 7) is 11.5. The van der Waals surface area contributed by atoms with Crippen LogP contribution in [0.5, 0.6) is 0 Å². The maximum atomic E-state index is 12.6. The Kier molecular flexibility index (Phi) is 7.67. The van der Waals surface area contributed by atoms with E-state index in [1.54, 1.807) is 26.8 Å². The number of benzene rings is 1. The maximum Gasteiger partial charge on any atom is 0.414 e. The second kappa shape index (κ2) is 9.93.